The van der Waals surface area contributed by atoms with Crippen LogP contribution in [0.3, 0.4) is 0 Å². The number of aryl methyl sites for hydroxylation is 1. The van der Waals surface area contributed by atoms with Crippen molar-refractivity contribution in [3.63, 3.8) is 0 Å². The first-order valence-electron chi connectivity index (χ1n) is 9.97. The maximum atomic E-state index is 12.6. The molecule has 0 amide bonds. The van der Waals surface area contributed by atoms with Crippen molar-refractivity contribution in [3.05, 3.63) is 70.5 Å². The summed E-state index contributed by atoms with van der Waals surface area (Å²) >= 11 is 1.36. The zero-order chi connectivity index (χ0) is 22.9. The number of hydrogen-bond acceptors (Lipinski definition) is 9. The second-order valence-corrected chi connectivity index (χ2v) is 8.10. The summed E-state index contributed by atoms with van der Waals surface area (Å²) in [6.45, 7) is 0.151. The molecule has 12 heteroatoms. The third kappa shape index (κ3) is 3.74. The van der Waals surface area contributed by atoms with Crippen molar-refractivity contribution >= 4 is 28.4 Å². The van der Waals surface area contributed by atoms with Crippen LogP contribution in [0.25, 0.3) is 16.7 Å². The Hall–Kier alpha value is -4.06. The molecular weight excluding hydrogens is 444 g/mol. The summed E-state index contributed by atoms with van der Waals surface area (Å²) in [5, 5.41) is 17.9. The summed E-state index contributed by atoms with van der Waals surface area (Å²) in [6.07, 6.45) is 0. The molecule has 5 rings (SSSR count). The Kier molecular flexibility index (Phi) is 5.34. The van der Waals surface area contributed by atoms with Crippen LogP contribution in [0, 0.1) is 0 Å². The first kappa shape index (κ1) is 20.8. The first-order chi connectivity index (χ1) is 16.1. The second kappa shape index (κ2) is 8.47. The molecule has 11 nitrogen and oxygen atoms in total. The molecular formula is C21H20N8O3S. The van der Waals surface area contributed by atoms with Gasteiger partial charge in [-0.05, 0) is 24.3 Å². The molecule has 0 spiro atoms. The Labute approximate surface area is 191 Å². The van der Waals surface area contributed by atoms with Crippen LogP contribution in [0.4, 0.5) is 0 Å². The maximum Gasteiger partial charge on any atom is 0.262 e. The van der Waals surface area contributed by atoms with Crippen molar-refractivity contribution in [3.8, 4) is 11.5 Å². The molecule has 3 aromatic heterocycles. The van der Waals surface area contributed by atoms with Gasteiger partial charge in [-0.15, -0.1) is 20.4 Å². The molecule has 0 atom stereocenters. The Bertz CT molecular complexity index is 1520. The number of nitrogen functional groups attached to an aromatic ring is 1. The minimum atomic E-state index is -0.118. The van der Waals surface area contributed by atoms with E-state index in [1.807, 2.05) is 40.8 Å². The lowest BCUT2D eigenvalue weighted by Gasteiger charge is -2.08. The highest BCUT2D eigenvalue weighted by Gasteiger charge is 2.17. The van der Waals surface area contributed by atoms with Crippen molar-refractivity contribution in [2.75, 3.05) is 13.0 Å². The van der Waals surface area contributed by atoms with Crippen molar-refractivity contribution in [1.82, 2.24) is 34.0 Å². The summed E-state index contributed by atoms with van der Waals surface area (Å²) in [6, 6.07) is 14.7. The summed E-state index contributed by atoms with van der Waals surface area (Å²) in [5.74, 6) is 9.56. The van der Waals surface area contributed by atoms with Gasteiger partial charge in [0.2, 0.25) is 10.9 Å². The molecule has 5 aromatic rings. The van der Waals surface area contributed by atoms with Crippen LogP contribution in [0.1, 0.15) is 11.6 Å². The zero-order valence-electron chi connectivity index (χ0n) is 17.9. The third-order valence-corrected chi connectivity index (χ3v) is 6.11. The molecule has 0 saturated carbocycles. The predicted octanol–water partition coefficient (Wildman–Crippen LogP) is 1.77. The molecule has 0 aliphatic rings. The smallest absolute Gasteiger partial charge is 0.262 e. The van der Waals surface area contributed by atoms with Gasteiger partial charge in [-0.1, -0.05) is 30.0 Å². The normalized spacial score (nSPS) is 11.3. The lowest BCUT2D eigenvalue weighted by Crippen LogP contribution is -2.20. The number of nitrogens with zero attached hydrogens (tertiary/aromatic N) is 7. The van der Waals surface area contributed by atoms with E-state index in [9.17, 15) is 4.79 Å². The van der Waals surface area contributed by atoms with Gasteiger partial charge in [0.1, 0.15) is 23.9 Å². The maximum absolute atomic E-state index is 12.6. The van der Waals surface area contributed by atoms with E-state index in [0.29, 0.717) is 45.2 Å². The number of rotatable bonds is 7. The quantitative estimate of drug-likeness (QED) is 0.283. The first-order valence-corrected chi connectivity index (χ1v) is 11.0. The molecule has 0 saturated heterocycles. The number of thioether (sulfide) groups is 1. The van der Waals surface area contributed by atoms with Gasteiger partial charge in [-0.2, -0.15) is 0 Å². The number of nitrogens with two attached hydrogens (primary N) is 1. The fraction of sp³-hybridized carbons (Fsp3) is 0.190. The Balaban J connectivity index is 1.36. The van der Waals surface area contributed by atoms with Gasteiger partial charge in [-0.25, -0.2) is 4.68 Å². The lowest BCUT2D eigenvalue weighted by molar-refractivity contribution is 0.289. The van der Waals surface area contributed by atoms with E-state index < -0.39 is 0 Å². The molecule has 2 N–H and O–H groups in total. The molecule has 0 aliphatic carbocycles. The van der Waals surface area contributed by atoms with Crippen LogP contribution in [0.15, 0.2) is 58.5 Å². The van der Waals surface area contributed by atoms with Crippen molar-refractivity contribution in [2.24, 2.45) is 7.05 Å². The highest BCUT2D eigenvalue weighted by atomic mass is 32.2. The van der Waals surface area contributed by atoms with Gasteiger partial charge >= 0.3 is 0 Å². The van der Waals surface area contributed by atoms with Crippen LogP contribution in [-0.2, 0) is 19.4 Å². The number of para-hydroxylation sites is 1. The summed E-state index contributed by atoms with van der Waals surface area (Å²) < 4.78 is 15.7. The number of aromatic nitrogens is 7. The molecule has 2 aromatic carbocycles. The van der Waals surface area contributed by atoms with E-state index in [-0.39, 0.29) is 12.2 Å². The molecule has 0 unspecified atom stereocenters. The van der Waals surface area contributed by atoms with Crippen molar-refractivity contribution < 1.29 is 9.47 Å². The van der Waals surface area contributed by atoms with Crippen molar-refractivity contribution in [2.45, 2.75) is 17.5 Å². The standard InChI is InChI=1S/C21H20N8O3S/c1-27-19(30)15-8-3-4-9-16(15)28-18(24-25-20(27)28)12-33-21-26-23-17(29(21)22)11-32-14-7-5-6-13(10-14)31-2/h3-10H,11-12,22H2,1-2H3. The van der Waals surface area contributed by atoms with Gasteiger partial charge in [0.25, 0.3) is 5.56 Å². The van der Waals surface area contributed by atoms with Gasteiger partial charge in [-0.3, -0.25) is 13.8 Å². The third-order valence-electron chi connectivity index (χ3n) is 5.17. The SMILES string of the molecule is COc1cccc(OCc2nnc(SCc3nnc4n(C)c(=O)c5ccccc5n34)n2N)c1. The summed E-state index contributed by atoms with van der Waals surface area (Å²) in [4.78, 5) is 12.6. The van der Waals surface area contributed by atoms with E-state index in [1.54, 1.807) is 26.3 Å². The minimum absolute atomic E-state index is 0.118. The Morgan fingerprint density at radius 1 is 1.00 bits per heavy atom. The van der Waals surface area contributed by atoms with Crippen LogP contribution in [0.2, 0.25) is 0 Å². The summed E-state index contributed by atoms with van der Waals surface area (Å²) in [5.41, 5.74) is 0.630. The van der Waals surface area contributed by atoms with E-state index >= 15 is 0 Å². The largest absolute Gasteiger partial charge is 0.497 e. The monoisotopic (exact) mass is 464 g/mol. The average Bonchev–Trinajstić information content (AvgIpc) is 3.43. The van der Waals surface area contributed by atoms with Crippen LogP contribution in [0.5, 0.6) is 11.5 Å². The van der Waals surface area contributed by atoms with Crippen molar-refractivity contribution in [1.29, 1.82) is 0 Å². The Morgan fingerprint density at radius 2 is 1.79 bits per heavy atom. The molecule has 3 heterocycles. The number of ether oxygens (including phenoxy) is 2. The second-order valence-electron chi connectivity index (χ2n) is 7.16. The van der Waals surface area contributed by atoms with E-state index in [1.165, 1.54) is 21.0 Å². The molecule has 33 heavy (non-hydrogen) atoms. The average molecular weight is 465 g/mol. The fourth-order valence-electron chi connectivity index (χ4n) is 3.46. The lowest BCUT2D eigenvalue weighted by atomic mass is 10.2. The predicted molar refractivity (Wildman–Crippen MR) is 123 cm³/mol. The zero-order valence-corrected chi connectivity index (χ0v) is 18.7. The molecule has 0 aliphatic heterocycles. The van der Waals surface area contributed by atoms with Crippen LogP contribution >= 0.6 is 11.8 Å². The summed E-state index contributed by atoms with van der Waals surface area (Å²) in [7, 11) is 3.28. The van der Waals surface area contributed by atoms with E-state index in [2.05, 4.69) is 20.4 Å². The fourth-order valence-corrected chi connectivity index (χ4v) is 4.25. The molecule has 0 bridgehead atoms. The topological polar surface area (TPSA) is 127 Å². The van der Waals surface area contributed by atoms with Gasteiger partial charge in [0.05, 0.1) is 23.8 Å². The van der Waals surface area contributed by atoms with Gasteiger partial charge in [0.15, 0.2) is 5.82 Å². The number of benzene rings is 2. The number of fused-ring (bicyclic) bond motifs is 3. The molecule has 168 valence electrons. The molecule has 0 fully saturated rings. The van der Waals surface area contributed by atoms with Gasteiger partial charge < -0.3 is 15.3 Å². The van der Waals surface area contributed by atoms with E-state index in [4.69, 9.17) is 15.3 Å². The van der Waals surface area contributed by atoms with Gasteiger partial charge in [0, 0.05) is 13.1 Å². The Morgan fingerprint density at radius 3 is 2.64 bits per heavy atom. The minimum Gasteiger partial charge on any atom is -0.497 e. The van der Waals surface area contributed by atoms with Crippen LogP contribution in [-0.4, -0.2) is 41.1 Å². The number of methoxy groups -OCH3 is 1. The highest BCUT2D eigenvalue weighted by molar-refractivity contribution is 7.98. The van der Waals surface area contributed by atoms with E-state index in [0.717, 1.165) is 5.52 Å². The van der Waals surface area contributed by atoms with Crippen LogP contribution < -0.4 is 20.9 Å². The number of hydrogen-bond donors (Lipinski definition) is 1. The highest BCUT2D eigenvalue weighted by Crippen LogP contribution is 2.23. The molecule has 0 radical (unpaired) electrons.